The molecule has 1 aromatic rings. The average Bonchev–Trinajstić information content (AvgIpc) is 2.38. The lowest BCUT2D eigenvalue weighted by Crippen LogP contribution is -2.48. The molecule has 1 aliphatic rings. The quantitative estimate of drug-likeness (QED) is 0.919. The number of aryl methyl sites for hydroxylation is 3. The van der Waals surface area contributed by atoms with Crippen LogP contribution in [-0.2, 0) is 0 Å². The molecule has 0 radical (unpaired) electrons. The number of piperidine rings is 1. The number of hydrogen-bond acceptors (Lipinski definition) is 2. The van der Waals surface area contributed by atoms with Gasteiger partial charge < -0.3 is 10.2 Å². The minimum absolute atomic E-state index is 0.197. The molecule has 1 N–H and O–H groups in total. The van der Waals surface area contributed by atoms with E-state index in [1.807, 2.05) is 18.7 Å². The van der Waals surface area contributed by atoms with Gasteiger partial charge in [0.05, 0.1) is 0 Å². The first kappa shape index (κ1) is 15.0. The van der Waals surface area contributed by atoms with Crippen LogP contribution in [0.3, 0.4) is 0 Å². The maximum Gasteiger partial charge on any atom is 0.254 e. The van der Waals surface area contributed by atoms with Gasteiger partial charge in [-0.15, -0.1) is 0 Å². The Kier molecular flexibility index (Phi) is 4.81. The first-order chi connectivity index (χ1) is 9.52. The Morgan fingerprint density at radius 2 is 1.95 bits per heavy atom. The maximum atomic E-state index is 12.8. The Balaban J connectivity index is 2.19. The van der Waals surface area contributed by atoms with Gasteiger partial charge in [0.2, 0.25) is 0 Å². The number of likely N-dealkylation sites (tertiary alicyclic amines) is 1. The zero-order valence-electron chi connectivity index (χ0n) is 13.1. The molecule has 0 aliphatic carbocycles. The van der Waals surface area contributed by atoms with Gasteiger partial charge in [-0.05, 0) is 51.3 Å². The van der Waals surface area contributed by atoms with Gasteiger partial charge in [-0.2, -0.15) is 0 Å². The number of amides is 1. The normalized spacial score (nSPS) is 19.2. The van der Waals surface area contributed by atoms with Crippen LogP contribution in [0.5, 0.6) is 0 Å². The van der Waals surface area contributed by atoms with E-state index in [1.54, 1.807) is 0 Å². The fourth-order valence-corrected chi connectivity index (χ4v) is 3.29. The summed E-state index contributed by atoms with van der Waals surface area (Å²) in [6.45, 7) is 11.0. The second-order valence-electron chi connectivity index (χ2n) is 5.92. The van der Waals surface area contributed by atoms with Crippen molar-refractivity contribution >= 4 is 5.91 Å². The molecule has 0 aromatic heterocycles. The molecule has 1 unspecified atom stereocenters. The molecule has 1 fully saturated rings. The van der Waals surface area contributed by atoms with Crippen LogP contribution in [0.2, 0.25) is 0 Å². The third kappa shape index (κ3) is 3.21. The lowest BCUT2D eigenvalue weighted by Gasteiger charge is -2.34. The molecule has 3 nitrogen and oxygen atoms in total. The van der Waals surface area contributed by atoms with Crippen LogP contribution in [-0.4, -0.2) is 36.5 Å². The van der Waals surface area contributed by atoms with E-state index >= 15 is 0 Å². The topological polar surface area (TPSA) is 32.3 Å². The first-order valence-corrected chi connectivity index (χ1v) is 7.63. The number of nitrogens with one attached hydrogen (secondary N) is 1. The number of benzene rings is 1. The average molecular weight is 274 g/mol. The predicted octanol–water partition coefficient (Wildman–Crippen LogP) is 2.83. The van der Waals surface area contributed by atoms with Crippen LogP contribution in [0, 0.1) is 20.8 Å². The van der Waals surface area contributed by atoms with Crippen molar-refractivity contribution in [2.45, 2.75) is 46.6 Å². The summed E-state index contributed by atoms with van der Waals surface area (Å²) in [6, 6.07) is 4.65. The Morgan fingerprint density at radius 3 is 2.55 bits per heavy atom. The van der Waals surface area contributed by atoms with Crippen molar-refractivity contribution < 1.29 is 4.79 Å². The number of carbonyl (C=O) groups excluding carboxylic acids is 1. The Labute approximate surface area is 122 Å². The van der Waals surface area contributed by atoms with Gasteiger partial charge in [0, 0.05) is 24.7 Å². The summed E-state index contributed by atoms with van der Waals surface area (Å²) in [5.74, 6) is 0.197. The molecule has 0 bridgehead atoms. The van der Waals surface area contributed by atoms with Crippen molar-refractivity contribution in [3.05, 3.63) is 34.4 Å². The van der Waals surface area contributed by atoms with Crippen molar-refractivity contribution in [1.29, 1.82) is 0 Å². The summed E-state index contributed by atoms with van der Waals surface area (Å²) in [6.07, 6.45) is 2.26. The van der Waals surface area contributed by atoms with Crippen LogP contribution >= 0.6 is 0 Å². The fourth-order valence-electron chi connectivity index (χ4n) is 3.29. The van der Waals surface area contributed by atoms with Crippen molar-refractivity contribution in [2.75, 3.05) is 19.6 Å². The summed E-state index contributed by atoms with van der Waals surface area (Å²) < 4.78 is 0. The van der Waals surface area contributed by atoms with E-state index in [0.29, 0.717) is 6.04 Å². The lowest BCUT2D eigenvalue weighted by atomic mass is 9.97. The van der Waals surface area contributed by atoms with Crippen molar-refractivity contribution in [2.24, 2.45) is 0 Å². The number of likely N-dealkylation sites (N-methyl/N-ethyl adjacent to an activating group) is 1. The van der Waals surface area contributed by atoms with E-state index < -0.39 is 0 Å². The monoisotopic (exact) mass is 274 g/mol. The van der Waals surface area contributed by atoms with Crippen molar-refractivity contribution in [1.82, 2.24) is 10.2 Å². The van der Waals surface area contributed by atoms with E-state index in [0.717, 1.165) is 42.7 Å². The molecule has 3 heteroatoms. The third-order valence-electron chi connectivity index (χ3n) is 4.09. The van der Waals surface area contributed by atoms with E-state index in [-0.39, 0.29) is 5.91 Å². The van der Waals surface area contributed by atoms with E-state index in [9.17, 15) is 4.79 Å². The highest BCUT2D eigenvalue weighted by Crippen LogP contribution is 2.20. The predicted molar refractivity (Wildman–Crippen MR) is 83.3 cm³/mol. The molecule has 0 saturated carbocycles. The highest BCUT2D eigenvalue weighted by atomic mass is 16.2. The summed E-state index contributed by atoms with van der Waals surface area (Å²) >= 11 is 0. The van der Waals surface area contributed by atoms with E-state index in [1.165, 1.54) is 12.0 Å². The Morgan fingerprint density at radius 1 is 1.30 bits per heavy atom. The van der Waals surface area contributed by atoms with Crippen LogP contribution in [0.1, 0.15) is 46.8 Å². The van der Waals surface area contributed by atoms with Crippen molar-refractivity contribution in [3.63, 3.8) is 0 Å². The zero-order valence-corrected chi connectivity index (χ0v) is 13.1. The van der Waals surface area contributed by atoms with Gasteiger partial charge in [-0.25, -0.2) is 0 Å². The van der Waals surface area contributed by atoms with Gasteiger partial charge in [-0.1, -0.05) is 24.6 Å². The number of carbonyl (C=O) groups is 1. The third-order valence-corrected chi connectivity index (χ3v) is 4.09. The molecule has 0 spiro atoms. The van der Waals surface area contributed by atoms with Crippen molar-refractivity contribution in [3.8, 4) is 0 Å². The highest BCUT2D eigenvalue weighted by molar-refractivity contribution is 5.97. The van der Waals surface area contributed by atoms with Crippen LogP contribution in [0.25, 0.3) is 0 Å². The summed E-state index contributed by atoms with van der Waals surface area (Å²) in [5.41, 5.74) is 4.31. The molecule has 1 aliphatic heterocycles. The molecule has 110 valence electrons. The fraction of sp³-hybridized carbons (Fsp3) is 0.588. The van der Waals surface area contributed by atoms with Crippen LogP contribution < -0.4 is 5.32 Å². The molecule has 1 aromatic carbocycles. The maximum absolute atomic E-state index is 12.8. The molecule has 1 amide bonds. The van der Waals surface area contributed by atoms with Gasteiger partial charge in [-0.3, -0.25) is 4.79 Å². The summed E-state index contributed by atoms with van der Waals surface area (Å²) in [5, 5.41) is 3.47. The second-order valence-corrected chi connectivity index (χ2v) is 5.92. The summed E-state index contributed by atoms with van der Waals surface area (Å²) in [7, 11) is 0. The molecule has 20 heavy (non-hydrogen) atoms. The number of rotatable bonds is 3. The standard InChI is InChI=1S/C17H26N2O/c1-5-18-15-7-6-8-19(11-15)17(20)16-13(3)9-12(2)10-14(16)4/h9-10,15,18H,5-8,11H2,1-4H3. The molecule has 1 heterocycles. The minimum Gasteiger partial charge on any atom is -0.337 e. The van der Waals surface area contributed by atoms with Gasteiger partial charge in [0.1, 0.15) is 0 Å². The lowest BCUT2D eigenvalue weighted by molar-refractivity contribution is 0.0694. The summed E-state index contributed by atoms with van der Waals surface area (Å²) in [4.78, 5) is 14.8. The van der Waals surface area contributed by atoms with E-state index in [2.05, 4.69) is 31.3 Å². The molecular formula is C17H26N2O. The number of nitrogens with zero attached hydrogens (tertiary/aromatic N) is 1. The van der Waals surface area contributed by atoms with Gasteiger partial charge in [0.15, 0.2) is 0 Å². The Hall–Kier alpha value is -1.35. The zero-order chi connectivity index (χ0) is 14.7. The largest absolute Gasteiger partial charge is 0.337 e. The first-order valence-electron chi connectivity index (χ1n) is 7.63. The SMILES string of the molecule is CCNC1CCCN(C(=O)c2c(C)cc(C)cc2C)C1. The van der Waals surface area contributed by atoms with Gasteiger partial charge >= 0.3 is 0 Å². The second kappa shape index (κ2) is 6.40. The molecule has 1 saturated heterocycles. The molecule has 2 rings (SSSR count). The smallest absolute Gasteiger partial charge is 0.254 e. The molecular weight excluding hydrogens is 248 g/mol. The van der Waals surface area contributed by atoms with Crippen LogP contribution in [0.15, 0.2) is 12.1 Å². The minimum atomic E-state index is 0.197. The highest BCUT2D eigenvalue weighted by Gasteiger charge is 2.25. The number of hydrogen-bond donors (Lipinski definition) is 1. The molecule has 1 atom stereocenters. The Bertz CT molecular complexity index is 471. The van der Waals surface area contributed by atoms with Crippen LogP contribution in [0.4, 0.5) is 0 Å². The van der Waals surface area contributed by atoms with E-state index in [4.69, 9.17) is 0 Å². The van der Waals surface area contributed by atoms with Gasteiger partial charge in [0.25, 0.3) is 5.91 Å².